The van der Waals surface area contributed by atoms with Crippen molar-refractivity contribution in [1.29, 1.82) is 5.26 Å². The van der Waals surface area contributed by atoms with Crippen LogP contribution in [-0.4, -0.2) is 17.6 Å². The zero-order chi connectivity index (χ0) is 11.3. The van der Waals surface area contributed by atoms with E-state index in [0.717, 1.165) is 12.3 Å². The van der Waals surface area contributed by atoms with Gasteiger partial charge in [-0.3, -0.25) is 9.78 Å². The molecule has 1 heterocycles. The molecular formula is C10H9FN2O2. The molecule has 0 bridgehead atoms. The third-order valence-electron chi connectivity index (χ3n) is 1.70. The molecule has 1 unspecified atom stereocenters. The Kier molecular flexibility index (Phi) is 3.75. The van der Waals surface area contributed by atoms with Gasteiger partial charge in [0.25, 0.3) is 0 Å². The highest BCUT2D eigenvalue weighted by molar-refractivity contribution is 5.80. The Morgan fingerprint density at radius 2 is 2.47 bits per heavy atom. The average molecular weight is 208 g/mol. The molecule has 0 aliphatic carbocycles. The maximum atomic E-state index is 12.5. The molecule has 1 aromatic heterocycles. The van der Waals surface area contributed by atoms with E-state index in [2.05, 4.69) is 9.72 Å². The minimum absolute atomic E-state index is 0.192. The van der Waals surface area contributed by atoms with Crippen molar-refractivity contribution in [3.8, 4) is 6.07 Å². The normalized spacial score (nSPS) is 11.5. The predicted octanol–water partition coefficient (Wildman–Crippen LogP) is 1.39. The molecule has 5 heteroatoms. The number of hydrogen-bond acceptors (Lipinski definition) is 4. The number of rotatable bonds is 3. The van der Waals surface area contributed by atoms with Crippen LogP contribution in [0.1, 0.15) is 18.5 Å². The minimum Gasteiger partial charge on any atom is -0.465 e. The van der Waals surface area contributed by atoms with E-state index in [1.165, 1.54) is 6.07 Å². The van der Waals surface area contributed by atoms with Crippen molar-refractivity contribution in [2.24, 2.45) is 0 Å². The fraction of sp³-hybridized carbons (Fsp3) is 0.300. The van der Waals surface area contributed by atoms with Gasteiger partial charge in [-0.25, -0.2) is 4.39 Å². The van der Waals surface area contributed by atoms with Crippen molar-refractivity contribution in [2.45, 2.75) is 12.8 Å². The van der Waals surface area contributed by atoms with Gasteiger partial charge < -0.3 is 4.74 Å². The summed E-state index contributed by atoms with van der Waals surface area (Å²) < 4.78 is 17.2. The van der Waals surface area contributed by atoms with Gasteiger partial charge in [-0.05, 0) is 19.1 Å². The molecule has 0 radical (unpaired) electrons. The van der Waals surface area contributed by atoms with Gasteiger partial charge in [0.1, 0.15) is 5.82 Å². The topological polar surface area (TPSA) is 63.0 Å². The lowest BCUT2D eigenvalue weighted by atomic mass is 10.1. The highest BCUT2D eigenvalue weighted by Gasteiger charge is 2.22. The number of pyridine rings is 1. The van der Waals surface area contributed by atoms with Crippen LogP contribution in [-0.2, 0) is 9.53 Å². The SMILES string of the molecule is CCOC(=O)C(C#N)c1ccc(F)cn1. The lowest BCUT2D eigenvalue weighted by Crippen LogP contribution is -2.15. The Hall–Kier alpha value is -1.96. The number of halogens is 1. The zero-order valence-corrected chi connectivity index (χ0v) is 8.11. The molecule has 0 aromatic carbocycles. The molecule has 1 rings (SSSR count). The molecule has 0 fully saturated rings. The highest BCUT2D eigenvalue weighted by Crippen LogP contribution is 2.14. The third-order valence-corrected chi connectivity index (χ3v) is 1.70. The smallest absolute Gasteiger partial charge is 0.329 e. The first-order valence-corrected chi connectivity index (χ1v) is 4.36. The van der Waals surface area contributed by atoms with Gasteiger partial charge in [0.2, 0.25) is 0 Å². The molecule has 0 aliphatic heterocycles. The molecule has 1 atom stereocenters. The molecule has 4 nitrogen and oxygen atoms in total. The van der Waals surface area contributed by atoms with Crippen LogP contribution < -0.4 is 0 Å². The summed E-state index contributed by atoms with van der Waals surface area (Å²) in [5, 5.41) is 8.76. The first kappa shape index (κ1) is 11.1. The minimum atomic E-state index is -1.09. The summed E-state index contributed by atoms with van der Waals surface area (Å²) in [6.45, 7) is 1.84. The van der Waals surface area contributed by atoms with Crippen molar-refractivity contribution in [3.05, 3.63) is 29.8 Å². The molecule has 0 N–H and O–H groups in total. The van der Waals surface area contributed by atoms with E-state index < -0.39 is 17.7 Å². The Morgan fingerprint density at radius 1 is 1.73 bits per heavy atom. The average Bonchev–Trinajstić information content (AvgIpc) is 2.22. The van der Waals surface area contributed by atoms with E-state index >= 15 is 0 Å². The lowest BCUT2D eigenvalue weighted by molar-refractivity contribution is -0.143. The number of hydrogen-bond donors (Lipinski definition) is 0. The first-order valence-electron chi connectivity index (χ1n) is 4.36. The molecule has 15 heavy (non-hydrogen) atoms. The summed E-state index contributed by atoms with van der Waals surface area (Å²) in [4.78, 5) is 14.9. The number of nitriles is 1. The summed E-state index contributed by atoms with van der Waals surface area (Å²) in [7, 11) is 0. The number of nitrogens with zero attached hydrogens (tertiary/aromatic N) is 2. The van der Waals surface area contributed by atoms with E-state index in [9.17, 15) is 9.18 Å². The standard InChI is InChI=1S/C10H9FN2O2/c1-2-15-10(14)8(5-12)9-4-3-7(11)6-13-9/h3-4,6,8H,2H2,1H3. The Morgan fingerprint density at radius 3 is 2.93 bits per heavy atom. The van der Waals surface area contributed by atoms with Crippen molar-refractivity contribution in [3.63, 3.8) is 0 Å². The van der Waals surface area contributed by atoms with Crippen LogP contribution in [0.4, 0.5) is 4.39 Å². The van der Waals surface area contributed by atoms with Crippen LogP contribution in [0.2, 0.25) is 0 Å². The van der Waals surface area contributed by atoms with Gasteiger partial charge in [-0.15, -0.1) is 0 Å². The summed E-state index contributed by atoms with van der Waals surface area (Å²) >= 11 is 0. The van der Waals surface area contributed by atoms with Crippen LogP contribution in [0.3, 0.4) is 0 Å². The van der Waals surface area contributed by atoms with Crippen LogP contribution in [0.5, 0.6) is 0 Å². The van der Waals surface area contributed by atoms with Crippen molar-refractivity contribution in [2.75, 3.05) is 6.61 Å². The second kappa shape index (κ2) is 5.05. The van der Waals surface area contributed by atoms with E-state index in [0.29, 0.717) is 0 Å². The van der Waals surface area contributed by atoms with Crippen molar-refractivity contribution < 1.29 is 13.9 Å². The Balaban J connectivity index is 2.89. The Labute approximate surface area is 86.3 Å². The van der Waals surface area contributed by atoms with Crippen LogP contribution in [0.25, 0.3) is 0 Å². The predicted molar refractivity (Wildman–Crippen MR) is 49.2 cm³/mol. The molecule has 0 amide bonds. The van der Waals surface area contributed by atoms with E-state index in [1.54, 1.807) is 13.0 Å². The van der Waals surface area contributed by atoms with Crippen LogP contribution in [0, 0.1) is 17.1 Å². The molecule has 0 saturated heterocycles. The van der Waals surface area contributed by atoms with Gasteiger partial charge in [-0.2, -0.15) is 5.26 Å². The fourth-order valence-corrected chi connectivity index (χ4v) is 1.02. The maximum Gasteiger partial charge on any atom is 0.329 e. The monoisotopic (exact) mass is 208 g/mol. The second-order valence-electron chi connectivity index (χ2n) is 2.72. The summed E-state index contributed by atoms with van der Waals surface area (Å²) in [6, 6.07) is 4.20. The third kappa shape index (κ3) is 2.74. The molecule has 0 aliphatic rings. The van der Waals surface area contributed by atoms with Gasteiger partial charge in [-0.1, -0.05) is 0 Å². The number of carbonyl (C=O) groups excluding carboxylic acids is 1. The largest absolute Gasteiger partial charge is 0.465 e. The van der Waals surface area contributed by atoms with E-state index in [-0.39, 0.29) is 12.3 Å². The molecule has 1 aromatic rings. The first-order chi connectivity index (χ1) is 7.19. The molecule has 0 spiro atoms. The number of esters is 1. The number of carbonyl (C=O) groups is 1. The van der Waals surface area contributed by atoms with Gasteiger partial charge in [0, 0.05) is 0 Å². The summed E-state index contributed by atoms with van der Waals surface area (Å²) in [5.74, 6) is -2.27. The van der Waals surface area contributed by atoms with Crippen molar-refractivity contribution >= 4 is 5.97 Å². The van der Waals surface area contributed by atoms with E-state index in [4.69, 9.17) is 5.26 Å². The van der Waals surface area contributed by atoms with E-state index in [1.807, 2.05) is 0 Å². The lowest BCUT2D eigenvalue weighted by Gasteiger charge is -2.06. The summed E-state index contributed by atoms with van der Waals surface area (Å²) in [5.41, 5.74) is 0.192. The number of aromatic nitrogens is 1. The van der Waals surface area contributed by atoms with Gasteiger partial charge >= 0.3 is 5.97 Å². The Bertz CT molecular complexity index is 383. The zero-order valence-electron chi connectivity index (χ0n) is 8.11. The van der Waals surface area contributed by atoms with Crippen LogP contribution >= 0.6 is 0 Å². The molecular weight excluding hydrogens is 199 g/mol. The fourth-order valence-electron chi connectivity index (χ4n) is 1.02. The number of ether oxygens (including phenoxy) is 1. The van der Waals surface area contributed by atoms with Crippen LogP contribution in [0.15, 0.2) is 18.3 Å². The van der Waals surface area contributed by atoms with Crippen molar-refractivity contribution in [1.82, 2.24) is 4.98 Å². The molecule has 0 saturated carbocycles. The maximum absolute atomic E-state index is 12.5. The highest BCUT2D eigenvalue weighted by atomic mass is 19.1. The summed E-state index contributed by atoms with van der Waals surface area (Å²) in [6.07, 6.45) is 0.957. The quantitative estimate of drug-likeness (QED) is 0.704. The molecule has 78 valence electrons. The van der Waals surface area contributed by atoms with Gasteiger partial charge in [0.05, 0.1) is 24.6 Å². The second-order valence-corrected chi connectivity index (χ2v) is 2.72. The van der Waals surface area contributed by atoms with Gasteiger partial charge in [0.15, 0.2) is 5.92 Å².